The highest BCUT2D eigenvalue weighted by Gasteiger charge is 2.16. The highest BCUT2D eigenvalue weighted by atomic mass is 15.3. The molecular weight excluding hydrogens is 262 g/mol. The summed E-state index contributed by atoms with van der Waals surface area (Å²) in [6.45, 7) is 7.32. The topological polar surface area (TPSA) is 61.7 Å². The van der Waals surface area contributed by atoms with Gasteiger partial charge in [-0.25, -0.2) is 0 Å². The van der Waals surface area contributed by atoms with Crippen LogP contribution in [0.3, 0.4) is 0 Å². The second-order valence-electron chi connectivity index (χ2n) is 5.68. The van der Waals surface area contributed by atoms with Crippen molar-refractivity contribution in [3.05, 3.63) is 34.9 Å². The van der Waals surface area contributed by atoms with Crippen molar-refractivity contribution in [3.8, 4) is 0 Å². The van der Waals surface area contributed by atoms with Crippen molar-refractivity contribution < 1.29 is 0 Å². The molecule has 0 radical (unpaired) electrons. The van der Waals surface area contributed by atoms with Gasteiger partial charge in [0.15, 0.2) is 0 Å². The van der Waals surface area contributed by atoms with Gasteiger partial charge in [0.25, 0.3) is 0 Å². The molecule has 0 amide bonds. The van der Waals surface area contributed by atoms with Crippen molar-refractivity contribution in [2.24, 2.45) is 12.8 Å². The fourth-order valence-corrected chi connectivity index (χ4v) is 2.88. The monoisotopic (exact) mass is 289 g/mol. The van der Waals surface area contributed by atoms with Gasteiger partial charge in [-0.2, -0.15) is 10.2 Å². The molecule has 0 fully saturated rings. The maximum Gasteiger partial charge on any atom is 0.0657 e. The van der Waals surface area contributed by atoms with Gasteiger partial charge in [-0.1, -0.05) is 13.8 Å². The minimum Gasteiger partial charge on any atom is -0.328 e. The van der Waals surface area contributed by atoms with Gasteiger partial charge >= 0.3 is 0 Å². The third-order valence-corrected chi connectivity index (χ3v) is 3.95. The molecule has 0 aromatic carbocycles. The van der Waals surface area contributed by atoms with Crippen molar-refractivity contribution in [1.82, 2.24) is 19.6 Å². The molecule has 0 aliphatic rings. The summed E-state index contributed by atoms with van der Waals surface area (Å²) in [6.07, 6.45) is 5.68. The van der Waals surface area contributed by atoms with Gasteiger partial charge in [0, 0.05) is 43.6 Å². The van der Waals surface area contributed by atoms with Gasteiger partial charge in [-0.3, -0.25) is 9.36 Å². The quantitative estimate of drug-likeness (QED) is 0.846. The maximum absolute atomic E-state index is 6.00. The summed E-state index contributed by atoms with van der Waals surface area (Å²) in [5, 5.41) is 9.03. The van der Waals surface area contributed by atoms with Crippen molar-refractivity contribution in [1.29, 1.82) is 0 Å². The van der Waals surface area contributed by atoms with E-state index in [9.17, 15) is 0 Å². The van der Waals surface area contributed by atoms with Crippen molar-refractivity contribution in [3.63, 3.8) is 0 Å². The highest BCUT2D eigenvalue weighted by molar-refractivity contribution is 5.28. The molecule has 0 bridgehead atoms. The third-order valence-electron chi connectivity index (χ3n) is 3.95. The summed E-state index contributed by atoms with van der Waals surface area (Å²) in [7, 11) is 1.98. The van der Waals surface area contributed by atoms with Crippen molar-refractivity contribution >= 4 is 0 Å². The molecule has 2 heterocycles. The fourth-order valence-electron chi connectivity index (χ4n) is 2.88. The molecule has 5 nitrogen and oxygen atoms in total. The molecule has 0 saturated carbocycles. The number of nitrogens with zero attached hydrogens (tertiary/aromatic N) is 4. The average molecular weight is 289 g/mol. The molecule has 2 aromatic heterocycles. The molecule has 1 unspecified atom stereocenters. The zero-order chi connectivity index (χ0) is 15.4. The largest absolute Gasteiger partial charge is 0.328 e. The SMILES string of the molecule is CCc1nn(CCc2ccnn2C)c(CC)c1CC(C)N. The predicted molar refractivity (Wildman–Crippen MR) is 85.2 cm³/mol. The molecule has 0 saturated heterocycles. The Hall–Kier alpha value is -1.62. The standard InChI is InChI=1S/C16H27N5/c1-5-15-14(11-12(3)17)16(6-2)21(19-15)10-8-13-7-9-18-20(13)4/h7,9,12H,5-6,8,10-11,17H2,1-4H3. The van der Waals surface area contributed by atoms with Crippen LogP contribution in [0.4, 0.5) is 0 Å². The molecule has 21 heavy (non-hydrogen) atoms. The molecule has 2 aromatic rings. The average Bonchev–Trinajstić information content (AvgIpc) is 2.99. The van der Waals surface area contributed by atoms with Crippen LogP contribution in [0.25, 0.3) is 0 Å². The Balaban J connectivity index is 2.22. The lowest BCUT2D eigenvalue weighted by atomic mass is 10.0. The van der Waals surface area contributed by atoms with E-state index in [2.05, 4.69) is 36.6 Å². The van der Waals surface area contributed by atoms with Crippen LogP contribution in [0, 0.1) is 0 Å². The van der Waals surface area contributed by atoms with Crippen molar-refractivity contribution in [2.75, 3.05) is 0 Å². The first-order chi connectivity index (χ1) is 10.1. The lowest BCUT2D eigenvalue weighted by Gasteiger charge is -2.10. The summed E-state index contributed by atoms with van der Waals surface area (Å²) in [5.41, 5.74) is 11.1. The number of aryl methyl sites for hydroxylation is 4. The van der Waals surface area contributed by atoms with Crippen LogP contribution in [-0.4, -0.2) is 25.6 Å². The number of rotatable bonds is 7. The molecule has 5 heteroatoms. The van der Waals surface area contributed by atoms with Crippen LogP contribution < -0.4 is 5.73 Å². The Labute approximate surface area is 127 Å². The minimum atomic E-state index is 0.176. The first-order valence-corrected chi connectivity index (χ1v) is 7.86. The van der Waals surface area contributed by atoms with Crippen LogP contribution in [-0.2, 0) is 39.3 Å². The van der Waals surface area contributed by atoms with E-state index in [1.807, 2.05) is 17.9 Å². The van der Waals surface area contributed by atoms with E-state index >= 15 is 0 Å². The Bertz CT molecular complexity index is 580. The molecule has 0 aliphatic heterocycles. The molecule has 1 atom stereocenters. The van der Waals surface area contributed by atoms with Crippen LogP contribution in [0.2, 0.25) is 0 Å². The summed E-state index contributed by atoms with van der Waals surface area (Å²) in [6, 6.07) is 2.24. The van der Waals surface area contributed by atoms with Crippen LogP contribution in [0.1, 0.15) is 43.4 Å². The van der Waals surface area contributed by atoms with Gasteiger partial charge in [0.2, 0.25) is 0 Å². The Morgan fingerprint density at radius 3 is 2.57 bits per heavy atom. The van der Waals surface area contributed by atoms with E-state index in [-0.39, 0.29) is 6.04 Å². The zero-order valence-corrected chi connectivity index (χ0v) is 13.6. The van der Waals surface area contributed by atoms with Gasteiger partial charge in [-0.15, -0.1) is 0 Å². The van der Waals surface area contributed by atoms with Gasteiger partial charge in [-0.05, 0) is 37.8 Å². The van der Waals surface area contributed by atoms with Gasteiger partial charge in [0.05, 0.1) is 5.69 Å². The predicted octanol–water partition coefficient (Wildman–Crippen LogP) is 1.87. The molecule has 2 rings (SSSR count). The van der Waals surface area contributed by atoms with E-state index in [1.165, 1.54) is 22.6 Å². The van der Waals surface area contributed by atoms with Gasteiger partial charge in [0.1, 0.15) is 0 Å². The van der Waals surface area contributed by atoms with Crippen molar-refractivity contribution in [2.45, 2.75) is 59.0 Å². The van der Waals surface area contributed by atoms with E-state index in [0.29, 0.717) is 0 Å². The molecule has 116 valence electrons. The smallest absolute Gasteiger partial charge is 0.0657 e. The van der Waals surface area contributed by atoms with Crippen LogP contribution in [0.15, 0.2) is 12.3 Å². The molecule has 0 aliphatic carbocycles. The molecular formula is C16H27N5. The fraction of sp³-hybridized carbons (Fsp3) is 0.625. The first-order valence-electron chi connectivity index (χ1n) is 7.86. The normalized spacial score (nSPS) is 12.8. The van der Waals surface area contributed by atoms with E-state index in [4.69, 9.17) is 10.8 Å². The lowest BCUT2D eigenvalue weighted by Crippen LogP contribution is -2.19. The van der Waals surface area contributed by atoms with E-state index < -0.39 is 0 Å². The Morgan fingerprint density at radius 1 is 1.29 bits per heavy atom. The zero-order valence-electron chi connectivity index (χ0n) is 13.6. The second kappa shape index (κ2) is 6.89. The first kappa shape index (κ1) is 15.8. The van der Waals surface area contributed by atoms with E-state index in [0.717, 1.165) is 32.2 Å². The number of hydrogen-bond acceptors (Lipinski definition) is 3. The number of hydrogen-bond donors (Lipinski definition) is 1. The number of aromatic nitrogens is 4. The molecule has 0 spiro atoms. The lowest BCUT2D eigenvalue weighted by molar-refractivity contribution is 0.559. The van der Waals surface area contributed by atoms with Crippen LogP contribution in [0.5, 0.6) is 0 Å². The minimum absolute atomic E-state index is 0.176. The molecule has 2 N–H and O–H groups in total. The summed E-state index contributed by atoms with van der Waals surface area (Å²) in [5.74, 6) is 0. The summed E-state index contributed by atoms with van der Waals surface area (Å²) >= 11 is 0. The Morgan fingerprint density at radius 2 is 2.05 bits per heavy atom. The second-order valence-corrected chi connectivity index (χ2v) is 5.68. The van der Waals surface area contributed by atoms with Crippen LogP contribution >= 0.6 is 0 Å². The Kier molecular flexibility index (Phi) is 5.17. The summed E-state index contributed by atoms with van der Waals surface area (Å²) < 4.78 is 4.10. The number of nitrogens with two attached hydrogens (primary N) is 1. The highest BCUT2D eigenvalue weighted by Crippen LogP contribution is 2.18. The third kappa shape index (κ3) is 3.53. The maximum atomic E-state index is 6.00. The van der Waals surface area contributed by atoms with E-state index in [1.54, 1.807) is 0 Å². The van der Waals surface area contributed by atoms with Gasteiger partial charge < -0.3 is 5.73 Å². The summed E-state index contributed by atoms with van der Waals surface area (Å²) in [4.78, 5) is 0.